The summed E-state index contributed by atoms with van der Waals surface area (Å²) < 4.78 is 3.06. The summed E-state index contributed by atoms with van der Waals surface area (Å²) in [4.78, 5) is 23.9. The van der Waals surface area contributed by atoms with Crippen LogP contribution in [0.5, 0.6) is 0 Å². The molecule has 0 aliphatic rings. The van der Waals surface area contributed by atoms with Crippen LogP contribution in [0.3, 0.4) is 0 Å². The van der Waals surface area contributed by atoms with Gasteiger partial charge in [0.25, 0.3) is 5.91 Å². The summed E-state index contributed by atoms with van der Waals surface area (Å²) >= 11 is 1.52. The average Bonchev–Trinajstić information content (AvgIpc) is 3.41. The molecule has 0 spiro atoms. The Hall–Kier alpha value is -3.50. The highest BCUT2D eigenvalue weighted by atomic mass is 32.1. The Balaban J connectivity index is 1.64. The Bertz CT molecular complexity index is 1170. The van der Waals surface area contributed by atoms with E-state index in [0.717, 1.165) is 28.7 Å². The van der Waals surface area contributed by atoms with E-state index in [0.29, 0.717) is 22.8 Å². The van der Waals surface area contributed by atoms with Crippen LogP contribution in [0.4, 0.5) is 5.13 Å². The smallest absolute Gasteiger partial charge is 0.260 e. The number of rotatable bonds is 6. The van der Waals surface area contributed by atoms with Gasteiger partial charge in [0.1, 0.15) is 0 Å². The predicted octanol–water partition coefficient (Wildman–Crippen LogP) is 4.41. The number of thiazole rings is 1. The number of hydrogen-bond donors (Lipinski definition) is 0. The number of anilines is 1. The summed E-state index contributed by atoms with van der Waals surface area (Å²) in [6.45, 7) is 3.33. The molecule has 0 aliphatic heterocycles. The van der Waals surface area contributed by atoms with Gasteiger partial charge in [0, 0.05) is 31.0 Å². The van der Waals surface area contributed by atoms with Crippen LogP contribution in [-0.4, -0.2) is 27.0 Å². The maximum Gasteiger partial charge on any atom is 0.260 e. The van der Waals surface area contributed by atoms with E-state index in [1.807, 2.05) is 35.9 Å². The van der Waals surface area contributed by atoms with Crippen molar-refractivity contribution in [3.63, 3.8) is 0 Å². The highest BCUT2D eigenvalue weighted by Crippen LogP contribution is 2.31. The number of nitriles is 1. The van der Waals surface area contributed by atoms with E-state index >= 15 is 0 Å². The number of aromatic nitrogens is 3. The number of nitrogens with zero attached hydrogens (tertiary/aromatic N) is 5. The van der Waals surface area contributed by atoms with Crippen molar-refractivity contribution in [2.45, 2.75) is 19.9 Å². The summed E-state index contributed by atoms with van der Waals surface area (Å²) in [6.07, 6.45) is 6.20. The summed E-state index contributed by atoms with van der Waals surface area (Å²) in [7, 11) is 0. The second-order valence-electron chi connectivity index (χ2n) is 6.72. The molecule has 0 bridgehead atoms. The van der Waals surface area contributed by atoms with Crippen molar-refractivity contribution in [2.24, 2.45) is 0 Å². The number of amides is 1. The van der Waals surface area contributed by atoms with E-state index in [1.165, 1.54) is 11.3 Å². The number of para-hydroxylation sites is 1. The molecule has 6 nitrogen and oxygen atoms in total. The van der Waals surface area contributed by atoms with Crippen molar-refractivity contribution in [3.05, 3.63) is 77.9 Å². The van der Waals surface area contributed by atoms with Crippen molar-refractivity contribution >= 4 is 32.6 Å². The number of hydrogen-bond acceptors (Lipinski definition) is 5. The van der Waals surface area contributed by atoms with Crippen LogP contribution in [0.15, 0.2) is 61.2 Å². The van der Waals surface area contributed by atoms with Crippen LogP contribution in [0, 0.1) is 18.3 Å². The molecule has 2 heterocycles. The second kappa shape index (κ2) is 8.25. The van der Waals surface area contributed by atoms with Crippen LogP contribution in [0.2, 0.25) is 0 Å². The molecule has 4 aromatic rings. The van der Waals surface area contributed by atoms with E-state index in [-0.39, 0.29) is 5.91 Å². The molecule has 0 radical (unpaired) electrons. The third-order valence-electron chi connectivity index (χ3n) is 4.70. The van der Waals surface area contributed by atoms with Gasteiger partial charge >= 0.3 is 0 Å². The molecule has 1 amide bonds. The number of fused-ring (bicyclic) bond motifs is 1. The van der Waals surface area contributed by atoms with E-state index < -0.39 is 0 Å². The lowest BCUT2D eigenvalue weighted by molar-refractivity contribution is 0.0986. The minimum Gasteiger partial charge on any atom is -0.337 e. The topological polar surface area (TPSA) is 74.8 Å². The second-order valence-corrected chi connectivity index (χ2v) is 7.73. The lowest BCUT2D eigenvalue weighted by atomic mass is 10.1. The Kier molecular flexibility index (Phi) is 5.36. The number of benzene rings is 2. The maximum atomic E-state index is 13.3. The first-order chi connectivity index (χ1) is 14.2. The minimum atomic E-state index is -0.114. The molecule has 0 saturated heterocycles. The Labute approximate surface area is 172 Å². The monoisotopic (exact) mass is 401 g/mol. The SMILES string of the molecule is Cc1cccc2sc(N(CCCn3ccnc3)C(=O)c3ccc(C#N)cc3)nc12. The maximum absolute atomic E-state index is 13.3. The molecular formula is C22H19N5OS. The first-order valence-corrected chi connectivity index (χ1v) is 10.1. The standard InChI is InChI=1S/C22H19N5OS/c1-16-4-2-5-19-20(16)25-22(29-19)27(12-3-11-26-13-10-24-15-26)21(28)18-8-6-17(14-23)7-9-18/h2,4-10,13,15H,3,11-12H2,1H3. The highest BCUT2D eigenvalue weighted by Gasteiger charge is 2.21. The zero-order valence-electron chi connectivity index (χ0n) is 15.9. The van der Waals surface area contributed by atoms with Gasteiger partial charge < -0.3 is 4.57 Å². The van der Waals surface area contributed by atoms with E-state index in [4.69, 9.17) is 10.2 Å². The average molecular weight is 401 g/mol. The van der Waals surface area contributed by atoms with Gasteiger partial charge in [0.2, 0.25) is 0 Å². The third-order valence-corrected chi connectivity index (χ3v) is 5.75. The molecule has 0 N–H and O–H groups in total. The summed E-state index contributed by atoms with van der Waals surface area (Å²) in [5, 5.41) is 9.70. The molecule has 2 aromatic carbocycles. The first kappa shape index (κ1) is 18.8. The van der Waals surface area contributed by atoms with Crippen molar-refractivity contribution in [1.29, 1.82) is 5.26 Å². The number of carbonyl (C=O) groups is 1. The first-order valence-electron chi connectivity index (χ1n) is 9.29. The van der Waals surface area contributed by atoms with Gasteiger partial charge in [0.05, 0.1) is 28.2 Å². The molecule has 0 fully saturated rings. The molecule has 0 aliphatic carbocycles. The van der Waals surface area contributed by atoms with Crippen LogP contribution in [0.25, 0.3) is 10.2 Å². The van der Waals surface area contributed by atoms with Crippen LogP contribution in [0.1, 0.15) is 27.9 Å². The van der Waals surface area contributed by atoms with Crippen molar-refractivity contribution in [3.8, 4) is 6.07 Å². The third kappa shape index (κ3) is 4.03. The summed E-state index contributed by atoms with van der Waals surface area (Å²) in [5.74, 6) is -0.114. The lowest BCUT2D eigenvalue weighted by Gasteiger charge is -2.20. The van der Waals surface area contributed by atoms with Gasteiger partial charge in [-0.2, -0.15) is 5.26 Å². The summed E-state index contributed by atoms with van der Waals surface area (Å²) in [6, 6.07) is 14.9. The van der Waals surface area contributed by atoms with E-state index in [1.54, 1.807) is 41.7 Å². The van der Waals surface area contributed by atoms with Crippen LogP contribution >= 0.6 is 11.3 Å². The zero-order chi connectivity index (χ0) is 20.2. The van der Waals surface area contributed by atoms with Crippen molar-refractivity contribution in [2.75, 3.05) is 11.4 Å². The molecule has 0 saturated carbocycles. The van der Waals surface area contributed by atoms with Gasteiger partial charge in [-0.05, 0) is 49.2 Å². The van der Waals surface area contributed by atoms with E-state index in [9.17, 15) is 4.79 Å². The summed E-state index contributed by atoms with van der Waals surface area (Å²) in [5.41, 5.74) is 3.10. The van der Waals surface area contributed by atoms with Crippen LogP contribution < -0.4 is 4.90 Å². The van der Waals surface area contributed by atoms with Gasteiger partial charge in [0.15, 0.2) is 5.13 Å². The zero-order valence-corrected chi connectivity index (χ0v) is 16.8. The molecule has 144 valence electrons. The predicted molar refractivity (Wildman–Crippen MR) is 114 cm³/mol. The molecule has 29 heavy (non-hydrogen) atoms. The van der Waals surface area contributed by atoms with Crippen molar-refractivity contribution < 1.29 is 4.79 Å². The molecule has 4 rings (SSSR count). The largest absolute Gasteiger partial charge is 0.337 e. The molecular weight excluding hydrogens is 382 g/mol. The van der Waals surface area contributed by atoms with E-state index in [2.05, 4.69) is 11.1 Å². The Morgan fingerprint density at radius 3 is 2.76 bits per heavy atom. The molecule has 2 aromatic heterocycles. The molecule has 0 atom stereocenters. The van der Waals surface area contributed by atoms with Gasteiger partial charge in [-0.15, -0.1) is 0 Å². The quantitative estimate of drug-likeness (QED) is 0.480. The van der Waals surface area contributed by atoms with Crippen molar-refractivity contribution in [1.82, 2.24) is 14.5 Å². The fourth-order valence-electron chi connectivity index (χ4n) is 3.15. The van der Waals surface area contributed by atoms with Gasteiger partial charge in [-0.25, -0.2) is 9.97 Å². The number of carbonyl (C=O) groups excluding carboxylic acids is 1. The van der Waals surface area contributed by atoms with Gasteiger partial charge in [-0.3, -0.25) is 9.69 Å². The molecule has 0 unspecified atom stereocenters. The normalized spacial score (nSPS) is 10.8. The lowest BCUT2D eigenvalue weighted by Crippen LogP contribution is -2.32. The fourth-order valence-corrected chi connectivity index (χ4v) is 4.22. The minimum absolute atomic E-state index is 0.114. The Morgan fingerprint density at radius 1 is 1.24 bits per heavy atom. The number of aryl methyl sites for hydroxylation is 2. The molecule has 7 heteroatoms. The van der Waals surface area contributed by atoms with Crippen LogP contribution in [-0.2, 0) is 6.54 Å². The Morgan fingerprint density at radius 2 is 2.07 bits per heavy atom. The fraction of sp³-hybridized carbons (Fsp3) is 0.182. The number of imidazole rings is 1. The highest BCUT2D eigenvalue weighted by molar-refractivity contribution is 7.22. The van der Waals surface area contributed by atoms with Gasteiger partial charge in [-0.1, -0.05) is 23.5 Å².